The second kappa shape index (κ2) is 9.24. The van der Waals surface area contributed by atoms with Crippen molar-refractivity contribution in [1.82, 2.24) is 0 Å². The zero-order valence-corrected chi connectivity index (χ0v) is 16.9. The van der Waals surface area contributed by atoms with Gasteiger partial charge < -0.3 is 0 Å². The smallest absolute Gasteiger partial charge is 0.00469 e. The predicted octanol–water partition coefficient (Wildman–Crippen LogP) is 7.76. The van der Waals surface area contributed by atoms with Crippen LogP contribution in [0.2, 0.25) is 0 Å². The quantitative estimate of drug-likeness (QED) is 0.424. The van der Waals surface area contributed by atoms with Crippen LogP contribution in [0.25, 0.3) is 0 Å². The number of hydrogen-bond donors (Lipinski definition) is 0. The van der Waals surface area contributed by atoms with Gasteiger partial charge in [-0.25, -0.2) is 0 Å². The molecule has 0 radical (unpaired) electrons. The summed E-state index contributed by atoms with van der Waals surface area (Å²) in [6.07, 6.45) is 21.2. The summed E-state index contributed by atoms with van der Waals surface area (Å²) < 4.78 is 0. The molecule has 25 heavy (non-hydrogen) atoms. The third kappa shape index (κ3) is 4.69. The molecule has 0 aliphatic heterocycles. The zero-order chi connectivity index (χ0) is 17.5. The first kappa shape index (κ1) is 19.0. The zero-order valence-electron chi connectivity index (χ0n) is 16.9. The molecule has 0 nitrogen and oxygen atoms in total. The third-order valence-corrected chi connectivity index (χ3v) is 7.18. The van der Waals surface area contributed by atoms with Gasteiger partial charge >= 0.3 is 0 Å². The SMILES string of the molecule is CCCCCC1CCc2cc(C3(CCCC)CCCCC3)ccc2C1. The summed E-state index contributed by atoms with van der Waals surface area (Å²) in [5.41, 5.74) is 5.59. The van der Waals surface area contributed by atoms with Crippen molar-refractivity contribution >= 4 is 0 Å². The van der Waals surface area contributed by atoms with Gasteiger partial charge in [-0.2, -0.15) is 0 Å². The van der Waals surface area contributed by atoms with Crippen LogP contribution in [0.5, 0.6) is 0 Å². The first-order chi connectivity index (χ1) is 12.3. The predicted molar refractivity (Wildman–Crippen MR) is 110 cm³/mol. The molecule has 2 aliphatic carbocycles. The van der Waals surface area contributed by atoms with Gasteiger partial charge in [-0.3, -0.25) is 0 Å². The third-order valence-electron chi connectivity index (χ3n) is 7.18. The normalized spacial score (nSPS) is 22.6. The Morgan fingerprint density at radius 2 is 1.72 bits per heavy atom. The van der Waals surface area contributed by atoms with Crippen LogP contribution in [-0.2, 0) is 18.3 Å². The fourth-order valence-corrected chi connectivity index (χ4v) is 5.52. The highest BCUT2D eigenvalue weighted by Crippen LogP contribution is 2.44. The summed E-state index contributed by atoms with van der Waals surface area (Å²) in [4.78, 5) is 0. The molecule has 2 aliphatic rings. The Morgan fingerprint density at radius 3 is 2.48 bits per heavy atom. The van der Waals surface area contributed by atoms with Gasteiger partial charge in [0.15, 0.2) is 0 Å². The lowest BCUT2D eigenvalue weighted by Gasteiger charge is -2.39. The van der Waals surface area contributed by atoms with E-state index in [0.29, 0.717) is 5.41 Å². The largest absolute Gasteiger partial charge is 0.0654 e. The van der Waals surface area contributed by atoms with Crippen LogP contribution in [-0.4, -0.2) is 0 Å². The maximum absolute atomic E-state index is 2.65. The molecular weight excluding hydrogens is 300 g/mol. The van der Waals surface area contributed by atoms with E-state index in [4.69, 9.17) is 0 Å². The molecule has 1 fully saturated rings. The van der Waals surface area contributed by atoms with Crippen molar-refractivity contribution in [3.05, 3.63) is 34.9 Å². The van der Waals surface area contributed by atoms with Gasteiger partial charge in [-0.05, 0) is 66.5 Å². The second-order valence-electron chi connectivity index (χ2n) is 9.03. The summed E-state index contributed by atoms with van der Waals surface area (Å²) in [6, 6.07) is 7.71. The molecule has 1 saturated carbocycles. The number of unbranched alkanes of at least 4 members (excludes halogenated alkanes) is 3. The molecule has 140 valence electrons. The highest BCUT2D eigenvalue weighted by Gasteiger charge is 2.33. The van der Waals surface area contributed by atoms with Crippen LogP contribution < -0.4 is 0 Å². The highest BCUT2D eigenvalue weighted by molar-refractivity contribution is 5.38. The Kier molecular flexibility index (Phi) is 7.02. The fraction of sp³-hybridized carbons (Fsp3) is 0.760. The second-order valence-corrected chi connectivity index (χ2v) is 9.03. The standard InChI is InChI=1S/C25H40/c1-3-5-8-11-21-12-13-23-20-24(15-14-22(23)19-21)25(16-6-4-2)17-9-7-10-18-25/h14-15,20-21H,3-13,16-19H2,1-2H3. The van der Waals surface area contributed by atoms with Gasteiger partial charge in [0, 0.05) is 0 Å². The lowest BCUT2D eigenvalue weighted by Crippen LogP contribution is -2.29. The molecule has 1 unspecified atom stereocenters. The molecule has 1 aromatic rings. The van der Waals surface area contributed by atoms with Gasteiger partial charge in [-0.15, -0.1) is 0 Å². The van der Waals surface area contributed by atoms with E-state index in [-0.39, 0.29) is 0 Å². The lowest BCUT2D eigenvalue weighted by atomic mass is 9.66. The molecule has 0 saturated heterocycles. The average molecular weight is 341 g/mol. The van der Waals surface area contributed by atoms with Crippen molar-refractivity contribution < 1.29 is 0 Å². The van der Waals surface area contributed by atoms with Gasteiger partial charge in [-0.1, -0.05) is 89.8 Å². The van der Waals surface area contributed by atoms with Crippen LogP contribution >= 0.6 is 0 Å². The topological polar surface area (TPSA) is 0 Å². The van der Waals surface area contributed by atoms with Crippen molar-refractivity contribution in [2.75, 3.05) is 0 Å². The fourth-order valence-electron chi connectivity index (χ4n) is 5.52. The average Bonchev–Trinajstić information content (AvgIpc) is 2.67. The number of aryl methyl sites for hydroxylation is 1. The molecule has 1 aromatic carbocycles. The first-order valence-corrected chi connectivity index (χ1v) is 11.4. The molecule has 0 N–H and O–H groups in total. The Hall–Kier alpha value is -0.780. The van der Waals surface area contributed by atoms with E-state index < -0.39 is 0 Å². The number of benzene rings is 1. The maximum Gasteiger partial charge on any atom is -0.00469 e. The first-order valence-electron chi connectivity index (χ1n) is 11.4. The van der Waals surface area contributed by atoms with Crippen LogP contribution in [0.15, 0.2) is 18.2 Å². The van der Waals surface area contributed by atoms with E-state index in [1.165, 1.54) is 96.3 Å². The summed E-state index contributed by atoms with van der Waals surface area (Å²) in [5, 5.41) is 0. The van der Waals surface area contributed by atoms with E-state index in [0.717, 1.165) is 5.92 Å². The molecule has 0 heterocycles. The molecular formula is C25H40. The summed E-state index contributed by atoms with van der Waals surface area (Å²) in [6.45, 7) is 4.67. The van der Waals surface area contributed by atoms with Crippen LogP contribution in [0.4, 0.5) is 0 Å². The van der Waals surface area contributed by atoms with Gasteiger partial charge in [0.1, 0.15) is 0 Å². The maximum atomic E-state index is 2.65. The number of rotatable bonds is 8. The summed E-state index contributed by atoms with van der Waals surface area (Å²) in [7, 11) is 0. The van der Waals surface area contributed by atoms with Crippen LogP contribution in [0.3, 0.4) is 0 Å². The van der Waals surface area contributed by atoms with Crippen molar-refractivity contribution in [1.29, 1.82) is 0 Å². The molecule has 1 atom stereocenters. The van der Waals surface area contributed by atoms with Crippen molar-refractivity contribution in [3.63, 3.8) is 0 Å². The van der Waals surface area contributed by atoms with Crippen molar-refractivity contribution in [3.8, 4) is 0 Å². The Labute approximate surface area is 156 Å². The molecule has 0 spiro atoms. The minimum Gasteiger partial charge on any atom is -0.0654 e. The van der Waals surface area contributed by atoms with Gasteiger partial charge in [0.25, 0.3) is 0 Å². The monoisotopic (exact) mass is 340 g/mol. The molecule has 0 amide bonds. The highest BCUT2D eigenvalue weighted by atomic mass is 14.4. The number of fused-ring (bicyclic) bond motifs is 1. The minimum absolute atomic E-state index is 0.515. The molecule has 0 bridgehead atoms. The van der Waals surface area contributed by atoms with E-state index in [9.17, 15) is 0 Å². The lowest BCUT2D eigenvalue weighted by molar-refractivity contribution is 0.267. The van der Waals surface area contributed by atoms with E-state index in [1.54, 1.807) is 16.7 Å². The van der Waals surface area contributed by atoms with Crippen molar-refractivity contribution in [2.24, 2.45) is 5.92 Å². The molecule has 3 rings (SSSR count). The van der Waals surface area contributed by atoms with Gasteiger partial charge in [0.05, 0.1) is 0 Å². The summed E-state index contributed by atoms with van der Waals surface area (Å²) >= 11 is 0. The van der Waals surface area contributed by atoms with Crippen LogP contribution in [0.1, 0.15) is 114 Å². The minimum atomic E-state index is 0.515. The van der Waals surface area contributed by atoms with E-state index >= 15 is 0 Å². The van der Waals surface area contributed by atoms with Gasteiger partial charge in [0.2, 0.25) is 0 Å². The molecule has 0 heteroatoms. The summed E-state index contributed by atoms with van der Waals surface area (Å²) in [5.74, 6) is 0.952. The Morgan fingerprint density at radius 1 is 0.920 bits per heavy atom. The molecule has 0 aromatic heterocycles. The Bertz CT molecular complexity index is 521. The van der Waals surface area contributed by atoms with Crippen LogP contribution in [0, 0.1) is 5.92 Å². The van der Waals surface area contributed by atoms with E-state index in [1.807, 2.05) is 0 Å². The number of hydrogen-bond acceptors (Lipinski definition) is 0. The Balaban J connectivity index is 1.72. The van der Waals surface area contributed by atoms with E-state index in [2.05, 4.69) is 32.0 Å². The van der Waals surface area contributed by atoms with Crippen molar-refractivity contribution in [2.45, 2.75) is 116 Å².